The first kappa shape index (κ1) is 15.9. The molecule has 1 atom stereocenters. The van der Waals surface area contributed by atoms with E-state index in [0.717, 1.165) is 29.9 Å². The van der Waals surface area contributed by atoms with E-state index >= 15 is 0 Å². The molecule has 6 heteroatoms. The van der Waals surface area contributed by atoms with Crippen LogP contribution in [0.4, 0.5) is 0 Å². The molecule has 1 rings (SSSR count). The average Bonchev–Trinajstić information content (AvgIpc) is 2.41. The number of nitrogens with zero attached hydrogens (tertiary/aromatic N) is 2. The van der Waals surface area contributed by atoms with E-state index in [0.29, 0.717) is 19.1 Å². The summed E-state index contributed by atoms with van der Waals surface area (Å²) in [5, 5.41) is 7.91. The number of hydrogen-bond acceptors (Lipinski definition) is 2. The largest absolute Gasteiger partial charge is 0.359 e. The van der Waals surface area contributed by atoms with Gasteiger partial charge in [-0.15, -0.1) is 13.2 Å². The quantitative estimate of drug-likeness (QED) is 0.597. The molecule has 1 aliphatic rings. The topological polar surface area (TPSA) is 30.5 Å². The maximum Gasteiger partial charge on any atom is 0.169 e. The standard InChI is InChI=1S/C13H22N4S2/c1-4-6-14-12(18)16-8-9-17(11(3)10-16)13(19)15-7-5-2/h4-5,11H,1-2,6-10H2,3H3,(H,14,18)(H,15,19)/t11-/m1/s1. The molecule has 0 radical (unpaired) electrons. The van der Waals surface area contributed by atoms with Gasteiger partial charge >= 0.3 is 0 Å². The molecule has 106 valence electrons. The van der Waals surface area contributed by atoms with E-state index in [4.69, 9.17) is 24.4 Å². The molecule has 2 N–H and O–H groups in total. The first-order chi connectivity index (χ1) is 9.10. The summed E-state index contributed by atoms with van der Waals surface area (Å²) in [5.74, 6) is 0. The molecule has 0 spiro atoms. The Hall–Kier alpha value is -1.14. The second kappa shape index (κ2) is 8.12. The van der Waals surface area contributed by atoms with Crippen molar-refractivity contribution in [2.75, 3.05) is 32.7 Å². The normalized spacial score (nSPS) is 18.7. The Kier molecular flexibility index (Phi) is 6.80. The van der Waals surface area contributed by atoms with Crippen LogP contribution in [0.3, 0.4) is 0 Å². The van der Waals surface area contributed by atoms with Gasteiger partial charge in [0.15, 0.2) is 10.2 Å². The Labute approximate surface area is 126 Å². The van der Waals surface area contributed by atoms with Crippen LogP contribution in [-0.4, -0.2) is 58.8 Å². The fraction of sp³-hybridized carbons (Fsp3) is 0.538. The van der Waals surface area contributed by atoms with Gasteiger partial charge in [0.05, 0.1) is 0 Å². The van der Waals surface area contributed by atoms with Gasteiger partial charge in [-0.25, -0.2) is 0 Å². The van der Waals surface area contributed by atoms with Crippen LogP contribution in [0.15, 0.2) is 25.3 Å². The Morgan fingerprint density at radius 2 is 1.74 bits per heavy atom. The number of nitrogens with one attached hydrogen (secondary N) is 2. The number of piperazine rings is 1. The summed E-state index contributed by atoms with van der Waals surface area (Å²) < 4.78 is 0. The molecule has 4 nitrogen and oxygen atoms in total. The highest BCUT2D eigenvalue weighted by Crippen LogP contribution is 2.10. The summed E-state index contributed by atoms with van der Waals surface area (Å²) in [4.78, 5) is 4.38. The van der Waals surface area contributed by atoms with Crippen LogP contribution in [0.5, 0.6) is 0 Å². The predicted molar refractivity (Wildman–Crippen MR) is 89.3 cm³/mol. The predicted octanol–water partition coefficient (Wildman–Crippen LogP) is 1.11. The SMILES string of the molecule is C=CCNC(=S)N1CCN(C(=S)NCC=C)[C@H](C)C1. The highest BCUT2D eigenvalue weighted by atomic mass is 32.1. The van der Waals surface area contributed by atoms with Crippen molar-refractivity contribution in [2.45, 2.75) is 13.0 Å². The van der Waals surface area contributed by atoms with E-state index in [2.05, 4.69) is 40.5 Å². The Bertz CT molecular complexity index is 357. The van der Waals surface area contributed by atoms with Gasteiger partial charge in [-0.3, -0.25) is 0 Å². The van der Waals surface area contributed by atoms with Gasteiger partial charge in [0.1, 0.15) is 0 Å². The first-order valence-corrected chi connectivity index (χ1v) is 7.20. The molecule has 0 amide bonds. The van der Waals surface area contributed by atoms with Gasteiger partial charge in [0.2, 0.25) is 0 Å². The van der Waals surface area contributed by atoms with Crippen molar-refractivity contribution in [3.63, 3.8) is 0 Å². The zero-order valence-electron chi connectivity index (χ0n) is 11.4. The molecule has 1 saturated heterocycles. The minimum absolute atomic E-state index is 0.335. The van der Waals surface area contributed by atoms with Gasteiger partial charge in [0, 0.05) is 38.8 Å². The van der Waals surface area contributed by atoms with Crippen LogP contribution < -0.4 is 10.6 Å². The molecule has 0 aromatic heterocycles. The molecule has 0 saturated carbocycles. The van der Waals surface area contributed by atoms with Crippen molar-refractivity contribution in [2.24, 2.45) is 0 Å². The van der Waals surface area contributed by atoms with Crippen molar-refractivity contribution in [3.05, 3.63) is 25.3 Å². The maximum atomic E-state index is 5.38. The van der Waals surface area contributed by atoms with E-state index in [9.17, 15) is 0 Å². The fourth-order valence-electron chi connectivity index (χ4n) is 1.98. The first-order valence-electron chi connectivity index (χ1n) is 6.39. The Morgan fingerprint density at radius 3 is 2.26 bits per heavy atom. The fourth-order valence-corrected chi connectivity index (χ4v) is 2.58. The lowest BCUT2D eigenvalue weighted by molar-refractivity contribution is 0.193. The van der Waals surface area contributed by atoms with Gasteiger partial charge < -0.3 is 20.4 Å². The average molecular weight is 298 g/mol. The Morgan fingerprint density at radius 1 is 1.16 bits per heavy atom. The van der Waals surface area contributed by atoms with Crippen LogP contribution in [0.25, 0.3) is 0 Å². The van der Waals surface area contributed by atoms with E-state index < -0.39 is 0 Å². The van der Waals surface area contributed by atoms with Gasteiger partial charge in [0.25, 0.3) is 0 Å². The summed E-state index contributed by atoms with van der Waals surface area (Å²) in [6.45, 7) is 13.5. The summed E-state index contributed by atoms with van der Waals surface area (Å²) in [6.07, 6.45) is 3.61. The van der Waals surface area contributed by atoms with E-state index in [1.54, 1.807) is 6.08 Å². The minimum Gasteiger partial charge on any atom is -0.359 e. The molecule has 0 aliphatic carbocycles. The molecule has 1 fully saturated rings. The van der Waals surface area contributed by atoms with Crippen molar-refractivity contribution < 1.29 is 0 Å². The van der Waals surface area contributed by atoms with E-state index in [1.165, 1.54) is 0 Å². The molecule has 0 bridgehead atoms. The van der Waals surface area contributed by atoms with Gasteiger partial charge in [-0.1, -0.05) is 12.2 Å². The lowest BCUT2D eigenvalue weighted by Crippen LogP contribution is -2.59. The highest BCUT2D eigenvalue weighted by molar-refractivity contribution is 7.80. The zero-order chi connectivity index (χ0) is 14.3. The van der Waals surface area contributed by atoms with Crippen LogP contribution in [0.2, 0.25) is 0 Å². The molecular formula is C13H22N4S2. The van der Waals surface area contributed by atoms with Crippen LogP contribution in [0, 0.1) is 0 Å². The molecule has 19 heavy (non-hydrogen) atoms. The van der Waals surface area contributed by atoms with Crippen molar-refractivity contribution >= 4 is 34.7 Å². The number of rotatable bonds is 4. The van der Waals surface area contributed by atoms with Crippen molar-refractivity contribution in [3.8, 4) is 0 Å². The lowest BCUT2D eigenvalue weighted by atomic mass is 10.2. The Balaban J connectivity index is 2.46. The summed E-state index contributed by atoms with van der Waals surface area (Å²) in [7, 11) is 0. The number of hydrogen-bond donors (Lipinski definition) is 2. The summed E-state index contributed by atoms with van der Waals surface area (Å²) >= 11 is 10.7. The third-order valence-electron chi connectivity index (χ3n) is 2.97. The van der Waals surface area contributed by atoms with Gasteiger partial charge in [-0.05, 0) is 31.4 Å². The van der Waals surface area contributed by atoms with Crippen LogP contribution in [-0.2, 0) is 0 Å². The molecule has 1 heterocycles. The molecule has 0 unspecified atom stereocenters. The molecule has 0 aromatic rings. The third-order valence-corrected chi connectivity index (χ3v) is 3.75. The smallest absolute Gasteiger partial charge is 0.169 e. The minimum atomic E-state index is 0.335. The maximum absolute atomic E-state index is 5.38. The second-order valence-corrected chi connectivity index (χ2v) is 5.21. The third kappa shape index (κ3) is 4.80. The molecule has 0 aromatic carbocycles. The highest BCUT2D eigenvalue weighted by Gasteiger charge is 2.26. The summed E-state index contributed by atoms with van der Waals surface area (Å²) in [6, 6.07) is 0.335. The van der Waals surface area contributed by atoms with E-state index in [1.807, 2.05) is 6.08 Å². The number of thiocarbonyl (C=S) groups is 2. The lowest BCUT2D eigenvalue weighted by Gasteiger charge is -2.42. The van der Waals surface area contributed by atoms with Crippen LogP contribution in [0.1, 0.15) is 6.92 Å². The van der Waals surface area contributed by atoms with Crippen LogP contribution >= 0.6 is 24.4 Å². The van der Waals surface area contributed by atoms with E-state index in [-0.39, 0.29) is 0 Å². The molecular weight excluding hydrogens is 276 g/mol. The van der Waals surface area contributed by atoms with Crippen molar-refractivity contribution in [1.29, 1.82) is 0 Å². The zero-order valence-corrected chi connectivity index (χ0v) is 13.0. The summed E-state index contributed by atoms with van der Waals surface area (Å²) in [5.41, 5.74) is 0. The second-order valence-electron chi connectivity index (χ2n) is 4.44. The molecule has 1 aliphatic heterocycles. The monoisotopic (exact) mass is 298 g/mol. The van der Waals surface area contributed by atoms with Gasteiger partial charge in [-0.2, -0.15) is 0 Å². The van der Waals surface area contributed by atoms with Crippen molar-refractivity contribution in [1.82, 2.24) is 20.4 Å².